The average Bonchev–Trinajstić information content (AvgIpc) is 3.49. The van der Waals surface area contributed by atoms with E-state index >= 15 is 0 Å². The van der Waals surface area contributed by atoms with Crippen molar-refractivity contribution in [3.63, 3.8) is 0 Å². The summed E-state index contributed by atoms with van der Waals surface area (Å²) in [4.78, 5) is 19.3. The van der Waals surface area contributed by atoms with E-state index in [0.717, 1.165) is 26.2 Å². The normalized spacial score (nSPS) is 17.1. The maximum Gasteiger partial charge on any atom is 0.231 e. The van der Waals surface area contributed by atoms with E-state index in [9.17, 15) is 4.79 Å². The zero-order valence-electron chi connectivity index (χ0n) is 16.7. The van der Waals surface area contributed by atoms with Crippen molar-refractivity contribution < 1.29 is 14.3 Å². The average molecular weight is 421 g/mol. The molecule has 0 aliphatic carbocycles. The van der Waals surface area contributed by atoms with Crippen molar-refractivity contribution in [1.29, 1.82) is 0 Å². The van der Waals surface area contributed by atoms with Crippen LogP contribution in [-0.2, 0) is 0 Å². The summed E-state index contributed by atoms with van der Waals surface area (Å²) in [6.45, 7) is 4.02. The maximum atomic E-state index is 13.1. The highest BCUT2D eigenvalue weighted by Gasteiger charge is 2.28. The number of hydrogen-bond acceptors (Lipinski definition) is 6. The molecule has 6 heteroatoms. The third-order valence-electron chi connectivity index (χ3n) is 5.82. The topological polar surface area (TPSA) is 42.0 Å². The van der Waals surface area contributed by atoms with Crippen molar-refractivity contribution >= 4 is 22.8 Å². The fourth-order valence-electron chi connectivity index (χ4n) is 4.18. The molecule has 1 fully saturated rings. The van der Waals surface area contributed by atoms with Gasteiger partial charge in [-0.3, -0.25) is 9.69 Å². The lowest BCUT2D eigenvalue weighted by molar-refractivity contribution is 0.0912. The molecule has 0 bridgehead atoms. The Morgan fingerprint density at radius 2 is 1.73 bits per heavy atom. The number of fused-ring (bicyclic) bond motifs is 1. The summed E-state index contributed by atoms with van der Waals surface area (Å²) in [5.74, 6) is 1.50. The Morgan fingerprint density at radius 1 is 0.933 bits per heavy atom. The second-order valence-electron chi connectivity index (χ2n) is 7.59. The molecule has 0 spiro atoms. The van der Waals surface area contributed by atoms with E-state index in [4.69, 9.17) is 9.47 Å². The van der Waals surface area contributed by atoms with Crippen molar-refractivity contribution in [3.05, 3.63) is 76.5 Å². The number of para-hydroxylation sites is 1. The summed E-state index contributed by atoms with van der Waals surface area (Å²) in [7, 11) is 0. The third kappa shape index (κ3) is 3.93. The first kappa shape index (κ1) is 19.2. The molecule has 1 aromatic heterocycles. The molecular weight excluding hydrogens is 396 g/mol. The maximum absolute atomic E-state index is 13.1. The number of piperazine rings is 1. The third-order valence-corrected chi connectivity index (χ3v) is 6.79. The van der Waals surface area contributed by atoms with Crippen LogP contribution in [-0.4, -0.2) is 43.7 Å². The second kappa shape index (κ2) is 8.50. The van der Waals surface area contributed by atoms with Crippen LogP contribution < -0.4 is 14.4 Å². The summed E-state index contributed by atoms with van der Waals surface area (Å²) in [6, 6.07) is 20.3. The van der Waals surface area contributed by atoms with Crippen LogP contribution >= 0.6 is 11.3 Å². The van der Waals surface area contributed by atoms with Crippen molar-refractivity contribution in [3.8, 4) is 11.5 Å². The predicted octanol–water partition coefficient (Wildman–Crippen LogP) is 4.61. The Balaban J connectivity index is 1.30. The van der Waals surface area contributed by atoms with E-state index in [1.807, 2.05) is 24.3 Å². The number of rotatable bonds is 6. The zero-order chi connectivity index (χ0) is 20.3. The highest BCUT2D eigenvalue weighted by atomic mass is 32.1. The van der Waals surface area contributed by atoms with E-state index < -0.39 is 0 Å². The van der Waals surface area contributed by atoms with Gasteiger partial charge in [-0.05, 0) is 41.8 Å². The number of anilines is 1. The molecular formula is C24H24N2O3S. The summed E-state index contributed by atoms with van der Waals surface area (Å²) >= 11 is 1.73. The van der Waals surface area contributed by atoms with Crippen LogP contribution in [0.3, 0.4) is 0 Å². The first-order valence-corrected chi connectivity index (χ1v) is 11.2. The molecule has 2 aromatic carbocycles. The molecule has 5 rings (SSSR count). The minimum absolute atomic E-state index is 0.0980. The molecule has 0 N–H and O–H groups in total. The number of carbonyl (C=O) groups excluding carboxylic acids is 1. The SMILES string of the molecule is O=C(C[C@H](c1cccs1)N1CCN(c2ccccc2)CC1)c1ccc2c(c1)OCO2. The van der Waals surface area contributed by atoms with Gasteiger partial charge in [-0.1, -0.05) is 24.3 Å². The number of ketones is 1. The highest BCUT2D eigenvalue weighted by molar-refractivity contribution is 7.10. The molecule has 5 nitrogen and oxygen atoms in total. The molecule has 2 aliphatic heterocycles. The monoisotopic (exact) mass is 420 g/mol. The lowest BCUT2D eigenvalue weighted by atomic mass is 10.00. The molecule has 154 valence electrons. The van der Waals surface area contributed by atoms with Crippen LogP contribution in [0.4, 0.5) is 5.69 Å². The minimum atomic E-state index is 0.0980. The van der Waals surface area contributed by atoms with E-state index in [0.29, 0.717) is 23.5 Å². The van der Waals surface area contributed by atoms with Crippen LogP contribution in [0.2, 0.25) is 0 Å². The van der Waals surface area contributed by atoms with Crippen molar-refractivity contribution in [2.45, 2.75) is 12.5 Å². The predicted molar refractivity (Wildman–Crippen MR) is 119 cm³/mol. The Labute approximate surface area is 180 Å². The largest absolute Gasteiger partial charge is 0.454 e. The highest BCUT2D eigenvalue weighted by Crippen LogP contribution is 2.35. The number of Topliss-reactive ketones (excluding diaryl/α,β-unsaturated/α-hetero) is 1. The zero-order valence-corrected chi connectivity index (χ0v) is 17.5. The first-order chi connectivity index (χ1) is 14.8. The van der Waals surface area contributed by atoms with Crippen LogP contribution in [0.5, 0.6) is 11.5 Å². The molecule has 1 atom stereocenters. The molecule has 0 saturated carbocycles. The number of benzene rings is 2. The summed E-state index contributed by atoms with van der Waals surface area (Å²) in [5.41, 5.74) is 1.95. The van der Waals surface area contributed by atoms with Gasteiger partial charge in [-0.25, -0.2) is 0 Å². The molecule has 0 radical (unpaired) electrons. The van der Waals surface area contributed by atoms with Gasteiger partial charge in [-0.15, -0.1) is 11.3 Å². The van der Waals surface area contributed by atoms with E-state index in [2.05, 4.69) is 51.6 Å². The Morgan fingerprint density at radius 3 is 2.50 bits per heavy atom. The van der Waals surface area contributed by atoms with Crippen LogP contribution in [0.1, 0.15) is 27.7 Å². The Kier molecular flexibility index (Phi) is 5.43. The standard InChI is InChI=1S/C24H24N2O3S/c27-21(18-8-9-22-23(15-18)29-17-28-22)16-20(24-7-4-14-30-24)26-12-10-25(11-13-26)19-5-2-1-3-6-19/h1-9,14-15,20H,10-13,16-17H2/t20-/m1/s1. The number of nitrogens with zero attached hydrogens (tertiary/aromatic N) is 2. The quantitative estimate of drug-likeness (QED) is 0.545. The van der Waals surface area contributed by atoms with E-state index in [1.54, 1.807) is 11.3 Å². The van der Waals surface area contributed by atoms with Gasteiger partial charge in [0.2, 0.25) is 6.79 Å². The van der Waals surface area contributed by atoms with E-state index in [-0.39, 0.29) is 18.6 Å². The van der Waals surface area contributed by atoms with Gasteiger partial charge >= 0.3 is 0 Å². The van der Waals surface area contributed by atoms with Gasteiger partial charge in [0.25, 0.3) is 0 Å². The molecule has 3 aromatic rings. The van der Waals surface area contributed by atoms with Gasteiger partial charge in [0.1, 0.15) is 0 Å². The van der Waals surface area contributed by atoms with Crippen LogP contribution in [0, 0.1) is 0 Å². The molecule has 0 unspecified atom stereocenters. The lowest BCUT2D eigenvalue weighted by Crippen LogP contribution is -2.48. The van der Waals surface area contributed by atoms with Gasteiger partial charge in [-0.2, -0.15) is 0 Å². The number of ether oxygens (including phenoxy) is 2. The lowest BCUT2D eigenvalue weighted by Gasteiger charge is -2.40. The van der Waals surface area contributed by atoms with Gasteiger partial charge < -0.3 is 14.4 Å². The van der Waals surface area contributed by atoms with E-state index in [1.165, 1.54) is 10.6 Å². The van der Waals surface area contributed by atoms with Gasteiger partial charge in [0.05, 0.1) is 6.04 Å². The molecule has 0 amide bonds. The number of hydrogen-bond donors (Lipinski definition) is 0. The van der Waals surface area contributed by atoms with Crippen molar-refractivity contribution in [1.82, 2.24) is 4.90 Å². The summed E-state index contributed by atoms with van der Waals surface area (Å²) in [5, 5.41) is 2.09. The Bertz CT molecular complexity index is 999. The van der Waals surface area contributed by atoms with Gasteiger partial charge in [0, 0.05) is 48.7 Å². The van der Waals surface area contributed by atoms with Crippen molar-refractivity contribution in [2.75, 3.05) is 37.9 Å². The smallest absolute Gasteiger partial charge is 0.231 e. The molecule has 3 heterocycles. The molecule has 1 saturated heterocycles. The minimum Gasteiger partial charge on any atom is -0.454 e. The number of thiophene rings is 1. The van der Waals surface area contributed by atoms with Crippen LogP contribution in [0.15, 0.2) is 66.0 Å². The van der Waals surface area contributed by atoms with Crippen LogP contribution in [0.25, 0.3) is 0 Å². The summed E-state index contributed by atoms with van der Waals surface area (Å²) in [6.07, 6.45) is 0.464. The fraction of sp³-hybridized carbons (Fsp3) is 0.292. The first-order valence-electron chi connectivity index (χ1n) is 10.3. The second-order valence-corrected chi connectivity index (χ2v) is 8.56. The van der Waals surface area contributed by atoms with Gasteiger partial charge in [0.15, 0.2) is 17.3 Å². The summed E-state index contributed by atoms with van der Waals surface area (Å²) < 4.78 is 10.8. The Hall–Kier alpha value is -2.83. The fourth-order valence-corrected chi connectivity index (χ4v) is 5.05. The van der Waals surface area contributed by atoms with Crippen molar-refractivity contribution in [2.24, 2.45) is 0 Å². The molecule has 2 aliphatic rings. The number of carbonyl (C=O) groups is 1. The molecule has 30 heavy (non-hydrogen) atoms.